The number of benzene rings is 7. The summed E-state index contributed by atoms with van der Waals surface area (Å²) in [6.07, 6.45) is 1.17. The van der Waals surface area contributed by atoms with Crippen molar-refractivity contribution in [3.8, 4) is 45.5 Å². The van der Waals surface area contributed by atoms with Gasteiger partial charge in [-0.2, -0.15) is 9.97 Å². The zero-order chi connectivity index (χ0) is 40.0. The first-order chi connectivity index (χ1) is 28.7. The molecule has 0 saturated heterocycles. The third-order valence-corrected chi connectivity index (χ3v) is 13.3. The maximum Gasteiger partial charge on any atom is 0.238 e. The Hall–Kier alpha value is -6.85. The monoisotopic (exact) mass is 763 g/mol. The molecule has 0 bridgehead atoms. The molecule has 5 nitrogen and oxygen atoms in total. The average molecular weight is 764 g/mol. The van der Waals surface area contributed by atoms with E-state index in [2.05, 4.69) is 183 Å². The van der Waals surface area contributed by atoms with Crippen molar-refractivity contribution in [3.05, 3.63) is 175 Å². The lowest BCUT2D eigenvalue weighted by molar-refractivity contribution is 0.233. The molecular weight excluding hydrogens is 719 g/mol. The smallest absolute Gasteiger partial charge is 0.238 e. The van der Waals surface area contributed by atoms with Gasteiger partial charge in [0.25, 0.3) is 0 Å². The van der Waals surface area contributed by atoms with Crippen molar-refractivity contribution in [2.24, 2.45) is 5.92 Å². The highest BCUT2D eigenvalue weighted by Crippen LogP contribution is 2.50. The largest absolute Gasteiger partial charge is 0.307 e. The normalized spacial score (nSPS) is 15.9. The number of hydrogen-bond acceptors (Lipinski definition) is 3. The van der Waals surface area contributed by atoms with E-state index in [0.29, 0.717) is 23.5 Å². The molecule has 0 aliphatic heterocycles. The van der Waals surface area contributed by atoms with Crippen LogP contribution in [0, 0.1) is 5.92 Å². The van der Waals surface area contributed by atoms with Gasteiger partial charge in [-0.15, -0.1) is 0 Å². The van der Waals surface area contributed by atoms with Crippen LogP contribution in [0.3, 0.4) is 0 Å². The van der Waals surface area contributed by atoms with Crippen LogP contribution < -0.4 is 0 Å². The quantitative estimate of drug-likeness (QED) is 0.175. The van der Waals surface area contributed by atoms with Gasteiger partial charge in [0.1, 0.15) is 0 Å². The summed E-state index contributed by atoms with van der Waals surface area (Å²) in [7, 11) is 0. The summed E-state index contributed by atoms with van der Waals surface area (Å²) in [5, 5.41) is 4.71. The summed E-state index contributed by atoms with van der Waals surface area (Å²) in [5.74, 6) is 2.38. The van der Waals surface area contributed by atoms with Crippen LogP contribution in [0.5, 0.6) is 0 Å². The van der Waals surface area contributed by atoms with Gasteiger partial charge in [0, 0.05) is 38.4 Å². The number of aromatic nitrogens is 5. The van der Waals surface area contributed by atoms with Gasteiger partial charge in [0.05, 0.1) is 22.1 Å². The molecule has 0 saturated carbocycles. The van der Waals surface area contributed by atoms with Gasteiger partial charge >= 0.3 is 0 Å². The summed E-state index contributed by atoms with van der Waals surface area (Å²) in [4.78, 5) is 15.8. The van der Waals surface area contributed by atoms with Crippen LogP contribution in [0.15, 0.2) is 164 Å². The third kappa shape index (κ3) is 5.48. The molecule has 3 heterocycles. The third-order valence-electron chi connectivity index (χ3n) is 13.3. The van der Waals surface area contributed by atoms with Crippen molar-refractivity contribution in [2.75, 3.05) is 0 Å². The van der Waals surface area contributed by atoms with Crippen LogP contribution in [0.25, 0.3) is 89.2 Å². The molecule has 1 atom stereocenters. The highest BCUT2D eigenvalue weighted by molar-refractivity contribution is 6.23. The first-order valence-electron chi connectivity index (χ1n) is 20.8. The Bertz CT molecular complexity index is 3240. The first kappa shape index (κ1) is 35.3. The van der Waals surface area contributed by atoms with Crippen LogP contribution >= 0.6 is 0 Å². The fourth-order valence-corrected chi connectivity index (χ4v) is 9.92. The molecule has 0 amide bonds. The Morgan fingerprint density at radius 1 is 0.458 bits per heavy atom. The summed E-state index contributed by atoms with van der Waals surface area (Å²) in [5.41, 5.74) is 12.8. The van der Waals surface area contributed by atoms with Gasteiger partial charge in [-0.3, -0.25) is 4.57 Å². The lowest BCUT2D eigenvalue weighted by Crippen LogP contribution is -2.40. The zero-order valence-electron chi connectivity index (χ0n) is 34.1. The molecule has 0 N–H and O–H groups in total. The molecule has 11 rings (SSSR count). The molecule has 3 aromatic heterocycles. The van der Waals surface area contributed by atoms with Gasteiger partial charge in [-0.05, 0) is 69.7 Å². The van der Waals surface area contributed by atoms with E-state index in [9.17, 15) is 0 Å². The second-order valence-corrected chi connectivity index (χ2v) is 17.6. The number of hydrogen-bond donors (Lipinski definition) is 0. The molecular formula is C54H45N5. The maximum absolute atomic E-state index is 5.37. The van der Waals surface area contributed by atoms with Gasteiger partial charge < -0.3 is 4.57 Å². The molecule has 10 aromatic rings. The minimum Gasteiger partial charge on any atom is -0.307 e. The molecule has 5 heteroatoms. The van der Waals surface area contributed by atoms with E-state index in [1.165, 1.54) is 39.4 Å². The fraction of sp³-hybridized carbons (Fsp3) is 0.167. The van der Waals surface area contributed by atoms with Crippen molar-refractivity contribution in [2.45, 2.75) is 51.9 Å². The van der Waals surface area contributed by atoms with Crippen molar-refractivity contribution < 1.29 is 0 Å². The maximum atomic E-state index is 5.37. The minimum absolute atomic E-state index is 0.0261. The van der Waals surface area contributed by atoms with Crippen molar-refractivity contribution in [3.63, 3.8) is 0 Å². The molecule has 1 unspecified atom stereocenters. The van der Waals surface area contributed by atoms with E-state index in [1.54, 1.807) is 0 Å². The van der Waals surface area contributed by atoms with E-state index in [-0.39, 0.29) is 10.8 Å². The summed E-state index contributed by atoms with van der Waals surface area (Å²) in [6.45, 7) is 12.1. The number of rotatable bonds is 5. The lowest BCUT2D eigenvalue weighted by Gasteiger charge is -2.46. The number of fused-ring (bicyclic) bond motifs is 8. The van der Waals surface area contributed by atoms with Crippen molar-refractivity contribution >= 4 is 43.6 Å². The van der Waals surface area contributed by atoms with Crippen LogP contribution in [0.4, 0.5) is 0 Å². The standard InChI is InChI=1S/C54H45N5/c1-34-33-53(2,3)44-31-28-39(32-45(44)54(34,4)5)58-46-22-14-12-20-40(46)42-29-30-43-41-21-13-15-23-47(41)59(49(43)48(42)58)52-56-50(37-18-10-7-11-19-37)55-51(57-52)38-26-24-36(25-27-38)35-16-8-6-9-17-35/h6-32,34H,33H2,1-5H3. The predicted molar refractivity (Wildman–Crippen MR) is 245 cm³/mol. The molecule has 1 aliphatic carbocycles. The van der Waals surface area contributed by atoms with Crippen LogP contribution in [-0.4, -0.2) is 24.1 Å². The molecule has 0 radical (unpaired) electrons. The summed E-state index contributed by atoms with van der Waals surface area (Å²) >= 11 is 0. The van der Waals surface area contributed by atoms with Crippen LogP contribution in [0.2, 0.25) is 0 Å². The summed E-state index contributed by atoms with van der Waals surface area (Å²) in [6, 6.07) is 58.6. The van der Waals surface area contributed by atoms with Gasteiger partial charge in [0.2, 0.25) is 5.95 Å². The Morgan fingerprint density at radius 3 is 1.58 bits per heavy atom. The highest BCUT2D eigenvalue weighted by Gasteiger charge is 2.42. The topological polar surface area (TPSA) is 48.5 Å². The van der Waals surface area contributed by atoms with Crippen LogP contribution in [0.1, 0.15) is 52.2 Å². The highest BCUT2D eigenvalue weighted by atomic mass is 15.2. The lowest BCUT2D eigenvalue weighted by atomic mass is 9.58. The van der Waals surface area contributed by atoms with Crippen molar-refractivity contribution in [1.82, 2.24) is 24.1 Å². The van der Waals surface area contributed by atoms with Crippen LogP contribution in [-0.2, 0) is 10.8 Å². The zero-order valence-corrected chi connectivity index (χ0v) is 34.1. The number of nitrogens with zero attached hydrogens (tertiary/aromatic N) is 5. The van der Waals surface area contributed by atoms with E-state index in [4.69, 9.17) is 15.0 Å². The van der Waals surface area contributed by atoms with E-state index < -0.39 is 0 Å². The van der Waals surface area contributed by atoms with Gasteiger partial charge in [-0.25, -0.2) is 4.98 Å². The predicted octanol–water partition coefficient (Wildman–Crippen LogP) is 13.7. The molecule has 1 aliphatic rings. The molecule has 0 fully saturated rings. The minimum atomic E-state index is 0.0261. The van der Waals surface area contributed by atoms with E-state index in [0.717, 1.165) is 49.7 Å². The Morgan fingerprint density at radius 2 is 0.949 bits per heavy atom. The van der Waals surface area contributed by atoms with Crippen molar-refractivity contribution in [1.29, 1.82) is 0 Å². The Labute approximate surface area is 344 Å². The Balaban J connectivity index is 1.22. The SMILES string of the molecule is CC1CC(C)(C)c2ccc(-n3c4ccccc4c4ccc5c6ccccc6n(-c6nc(-c7ccccc7)nc(-c7ccc(-c8ccccc8)cc7)n6)c5c43)cc2C1(C)C. The molecule has 7 aromatic carbocycles. The first-order valence-corrected chi connectivity index (χ1v) is 20.8. The summed E-state index contributed by atoms with van der Waals surface area (Å²) < 4.78 is 4.78. The second kappa shape index (κ2) is 13.1. The number of para-hydroxylation sites is 2. The van der Waals surface area contributed by atoms with E-state index in [1.807, 2.05) is 24.3 Å². The molecule has 59 heavy (non-hydrogen) atoms. The van der Waals surface area contributed by atoms with Gasteiger partial charge in [-0.1, -0.05) is 174 Å². The van der Waals surface area contributed by atoms with Gasteiger partial charge in [0.15, 0.2) is 11.6 Å². The fourth-order valence-electron chi connectivity index (χ4n) is 9.92. The average Bonchev–Trinajstić information content (AvgIpc) is 3.79. The molecule has 286 valence electrons. The van der Waals surface area contributed by atoms with E-state index >= 15 is 0 Å². The second-order valence-electron chi connectivity index (χ2n) is 17.6. The Kier molecular flexibility index (Phi) is 7.83. The molecule has 0 spiro atoms.